The fraction of sp³-hybridized carbons (Fsp3) is 0.385. The zero-order valence-electron chi connectivity index (χ0n) is 10.8. The van der Waals surface area contributed by atoms with E-state index in [2.05, 4.69) is 5.32 Å². The Hall–Kier alpha value is -1.63. The van der Waals surface area contributed by atoms with Crippen LogP contribution in [0.2, 0.25) is 0 Å². The van der Waals surface area contributed by atoms with Crippen molar-refractivity contribution >= 4 is 23.1 Å². The number of rotatable bonds is 5. The van der Waals surface area contributed by atoms with Gasteiger partial charge in [-0.2, -0.15) is 13.2 Å². The molecule has 1 unspecified atom stereocenters. The van der Waals surface area contributed by atoms with Crippen molar-refractivity contribution in [3.8, 4) is 0 Å². The molecule has 0 saturated heterocycles. The molecule has 1 rings (SSSR count). The second-order valence-corrected chi connectivity index (χ2v) is 4.76. The number of amides is 1. The van der Waals surface area contributed by atoms with Crippen LogP contribution in [-0.2, 0) is 6.18 Å². The normalized spacial score (nSPS) is 12.8. The number of halogens is 3. The lowest BCUT2D eigenvalue weighted by Gasteiger charge is -2.16. The molecule has 20 heavy (non-hydrogen) atoms. The Kier molecular flexibility index (Phi) is 5.50. The predicted molar refractivity (Wildman–Crippen MR) is 74.4 cm³/mol. The summed E-state index contributed by atoms with van der Waals surface area (Å²) in [5.41, 5.74) is 4.84. The van der Waals surface area contributed by atoms with Crippen molar-refractivity contribution in [2.24, 2.45) is 5.73 Å². The topological polar surface area (TPSA) is 55.1 Å². The van der Waals surface area contributed by atoms with Gasteiger partial charge in [0.25, 0.3) is 5.91 Å². The second kappa shape index (κ2) is 6.69. The summed E-state index contributed by atoms with van der Waals surface area (Å²) in [5, 5.41) is 2.61. The fourth-order valence-corrected chi connectivity index (χ4v) is 1.80. The van der Waals surface area contributed by atoms with Gasteiger partial charge in [0.15, 0.2) is 0 Å². The van der Waals surface area contributed by atoms with Crippen molar-refractivity contribution in [2.45, 2.75) is 32.0 Å². The zero-order chi connectivity index (χ0) is 15.3. The van der Waals surface area contributed by atoms with Crippen LogP contribution in [0, 0.1) is 0 Å². The molecule has 7 heteroatoms. The van der Waals surface area contributed by atoms with Gasteiger partial charge in [0.1, 0.15) is 0 Å². The van der Waals surface area contributed by atoms with Gasteiger partial charge < -0.3 is 11.1 Å². The van der Waals surface area contributed by atoms with Crippen molar-refractivity contribution in [3.63, 3.8) is 0 Å². The molecule has 3 N–H and O–H groups in total. The molecule has 1 amide bonds. The molecular weight excluding hydrogens is 289 g/mol. The van der Waals surface area contributed by atoms with Crippen LogP contribution in [0.4, 0.5) is 13.2 Å². The van der Waals surface area contributed by atoms with Crippen molar-refractivity contribution in [2.75, 3.05) is 0 Å². The van der Waals surface area contributed by atoms with E-state index in [1.165, 1.54) is 0 Å². The van der Waals surface area contributed by atoms with Crippen molar-refractivity contribution in [1.82, 2.24) is 5.32 Å². The number of nitrogens with two attached hydrogens (primary N) is 1. The van der Waals surface area contributed by atoms with E-state index < -0.39 is 23.7 Å². The molecule has 110 valence electrons. The summed E-state index contributed by atoms with van der Waals surface area (Å²) in [6, 6.07) is 3.53. The first-order valence-corrected chi connectivity index (χ1v) is 6.44. The van der Waals surface area contributed by atoms with E-state index in [0.29, 0.717) is 6.42 Å². The van der Waals surface area contributed by atoms with Crippen LogP contribution >= 0.6 is 12.2 Å². The number of alkyl halides is 3. The maximum Gasteiger partial charge on any atom is 0.416 e. The average molecular weight is 304 g/mol. The lowest BCUT2D eigenvalue weighted by atomic mass is 10.1. The third-order valence-corrected chi connectivity index (χ3v) is 2.99. The highest BCUT2D eigenvalue weighted by Crippen LogP contribution is 2.29. The van der Waals surface area contributed by atoms with Crippen molar-refractivity contribution < 1.29 is 18.0 Å². The molecule has 3 nitrogen and oxygen atoms in total. The molecule has 0 aliphatic carbocycles. The minimum Gasteiger partial charge on any atom is -0.392 e. The van der Waals surface area contributed by atoms with Gasteiger partial charge in [-0.25, -0.2) is 0 Å². The highest BCUT2D eigenvalue weighted by atomic mass is 32.1. The van der Waals surface area contributed by atoms with E-state index in [0.717, 1.165) is 30.7 Å². The molecule has 1 aromatic carbocycles. The molecule has 0 heterocycles. The zero-order valence-corrected chi connectivity index (χ0v) is 11.6. The standard InChI is InChI=1S/C13H15F3N2OS/c1-2-3-10(11(17)20)18-12(19)8-4-6-9(7-5-8)13(14,15)16/h4-7,10H,2-3H2,1H3,(H2,17,20)(H,18,19). The van der Waals surface area contributed by atoms with Gasteiger partial charge in [0.05, 0.1) is 16.6 Å². The molecule has 0 aliphatic rings. The first kappa shape index (κ1) is 16.4. The van der Waals surface area contributed by atoms with Crippen LogP contribution in [0.1, 0.15) is 35.7 Å². The SMILES string of the molecule is CCCC(NC(=O)c1ccc(C(F)(F)F)cc1)C(N)=S. The lowest BCUT2D eigenvalue weighted by Crippen LogP contribution is -2.43. The minimum absolute atomic E-state index is 0.135. The number of carbonyl (C=O) groups is 1. The molecule has 0 aliphatic heterocycles. The molecule has 1 aromatic rings. The monoisotopic (exact) mass is 304 g/mol. The Morgan fingerprint density at radius 3 is 2.30 bits per heavy atom. The maximum atomic E-state index is 12.4. The molecule has 0 bridgehead atoms. The average Bonchev–Trinajstić information content (AvgIpc) is 2.37. The van der Waals surface area contributed by atoms with Crippen molar-refractivity contribution in [3.05, 3.63) is 35.4 Å². The summed E-state index contributed by atoms with van der Waals surface area (Å²) in [4.78, 5) is 12.0. The van der Waals surface area contributed by atoms with Gasteiger partial charge in [-0.3, -0.25) is 4.79 Å². The highest BCUT2D eigenvalue weighted by Gasteiger charge is 2.30. The first-order chi connectivity index (χ1) is 9.25. The smallest absolute Gasteiger partial charge is 0.392 e. The van der Waals surface area contributed by atoms with E-state index in [1.54, 1.807) is 0 Å². The number of thiocarbonyl (C=S) groups is 1. The summed E-state index contributed by atoms with van der Waals surface area (Å²) in [6.45, 7) is 1.91. The van der Waals surface area contributed by atoms with Crippen LogP contribution in [0.15, 0.2) is 24.3 Å². The Morgan fingerprint density at radius 1 is 1.35 bits per heavy atom. The van der Waals surface area contributed by atoms with Crippen molar-refractivity contribution in [1.29, 1.82) is 0 Å². The Bertz CT molecular complexity index is 485. The van der Waals surface area contributed by atoms with Gasteiger partial charge >= 0.3 is 6.18 Å². The Balaban J connectivity index is 2.80. The Morgan fingerprint density at radius 2 is 1.90 bits per heavy atom. The van der Waals surface area contributed by atoms with Crippen LogP contribution in [-0.4, -0.2) is 16.9 Å². The van der Waals surface area contributed by atoms with Gasteiger partial charge in [0.2, 0.25) is 0 Å². The van der Waals surface area contributed by atoms with Crippen LogP contribution in [0.25, 0.3) is 0 Å². The number of hydrogen-bond acceptors (Lipinski definition) is 2. The number of nitrogens with one attached hydrogen (secondary N) is 1. The molecule has 0 radical (unpaired) electrons. The van der Waals surface area contributed by atoms with E-state index in [-0.39, 0.29) is 10.6 Å². The van der Waals surface area contributed by atoms with Crippen LogP contribution in [0.3, 0.4) is 0 Å². The number of carbonyl (C=O) groups excluding carboxylic acids is 1. The predicted octanol–water partition coefficient (Wildman–Crippen LogP) is 2.89. The number of hydrogen-bond donors (Lipinski definition) is 2. The highest BCUT2D eigenvalue weighted by molar-refractivity contribution is 7.80. The maximum absolute atomic E-state index is 12.4. The van der Waals surface area contributed by atoms with Gasteiger partial charge in [-0.15, -0.1) is 0 Å². The molecule has 0 fully saturated rings. The molecule has 0 saturated carbocycles. The van der Waals surface area contributed by atoms with E-state index in [1.807, 2.05) is 6.92 Å². The summed E-state index contributed by atoms with van der Waals surface area (Å²) < 4.78 is 37.2. The first-order valence-electron chi connectivity index (χ1n) is 6.03. The van der Waals surface area contributed by atoms with Gasteiger partial charge in [-0.1, -0.05) is 25.6 Å². The van der Waals surface area contributed by atoms with Gasteiger partial charge in [0, 0.05) is 5.56 Å². The minimum atomic E-state index is -4.42. The van der Waals surface area contributed by atoms with E-state index >= 15 is 0 Å². The van der Waals surface area contributed by atoms with E-state index in [4.69, 9.17) is 18.0 Å². The molecule has 0 spiro atoms. The summed E-state index contributed by atoms with van der Waals surface area (Å²) in [6.07, 6.45) is -3.06. The van der Waals surface area contributed by atoms with Gasteiger partial charge in [-0.05, 0) is 30.7 Å². The third-order valence-electron chi connectivity index (χ3n) is 2.70. The summed E-state index contributed by atoms with van der Waals surface area (Å²) in [5.74, 6) is -0.495. The Labute approximate surface area is 120 Å². The summed E-state index contributed by atoms with van der Waals surface area (Å²) >= 11 is 4.83. The quantitative estimate of drug-likeness (QED) is 0.822. The largest absolute Gasteiger partial charge is 0.416 e. The second-order valence-electron chi connectivity index (χ2n) is 4.29. The third kappa shape index (κ3) is 4.48. The fourth-order valence-electron chi connectivity index (χ4n) is 1.63. The molecule has 0 aromatic heterocycles. The summed E-state index contributed by atoms with van der Waals surface area (Å²) in [7, 11) is 0. The molecule has 1 atom stereocenters. The van der Waals surface area contributed by atoms with Crippen LogP contribution in [0.5, 0.6) is 0 Å². The molecular formula is C13H15F3N2OS. The number of benzene rings is 1. The lowest BCUT2D eigenvalue weighted by molar-refractivity contribution is -0.137. The van der Waals surface area contributed by atoms with E-state index in [9.17, 15) is 18.0 Å². The van der Waals surface area contributed by atoms with Crippen LogP contribution < -0.4 is 11.1 Å².